The number of benzene rings is 1. The Hall–Kier alpha value is -1.71. The van der Waals surface area contributed by atoms with Gasteiger partial charge in [0.15, 0.2) is 0 Å². The minimum absolute atomic E-state index is 0.319. The largest absolute Gasteiger partial charge is 0.478 e. The van der Waals surface area contributed by atoms with Crippen LogP contribution in [0.3, 0.4) is 0 Å². The Morgan fingerprint density at radius 3 is 2.52 bits per heavy atom. The van der Waals surface area contributed by atoms with Gasteiger partial charge in [0.25, 0.3) is 0 Å². The highest BCUT2D eigenvalue weighted by Crippen LogP contribution is 2.24. The normalized spacial score (nSPS) is 11.2. The van der Waals surface area contributed by atoms with Crippen molar-refractivity contribution in [3.05, 3.63) is 28.5 Å². The summed E-state index contributed by atoms with van der Waals surface area (Å²) in [5, 5.41) is 10.5. The van der Waals surface area contributed by atoms with Crippen molar-refractivity contribution in [1.29, 1.82) is 0 Å². The summed E-state index contributed by atoms with van der Waals surface area (Å²) in [7, 11) is -4.24. The van der Waals surface area contributed by atoms with Gasteiger partial charge in [0.05, 0.1) is 22.0 Å². The van der Waals surface area contributed by atoms with E-state index in [0.717, 1.165) is 0 Å². The van der Waals surface area contributed by atoms with Crippen molar-refractivity contribution in [2.45, 2.75) is 11.8 Å². The zero-order valence-electron chi connectivity index (χ0n) is 10.8. The van der Waals surface area contributed by atoms with E-state index in [1.165, 1.54) is 0 Å². The van der Waals surface area contributed by atoms with Crippen molar-refractivity contribution >= 4 is 33.5 Å². The summed E-state index contributed by atoms with van der Waals surface area (Å²) < 4.78 is 39.2. The molecule has 0 aromatic heterocycles. The molecular formula is C11H12ClFN2O5S. The SMILES string of the molecule is CCNC(=O)CNS(=O)(=O)c1cc(F)c(Cl)c(C(=O)O)c1. The fourth-order valence-electron chi connectivity index (χ4n) is 1.38. The highest BCUT2D eigenvalue weighted by atomic mass is 35.5. The fraction of sp³-hybridized carbons (Fsp3) is 0.273. The van der Waals surface area contributed by atoms with Gasteiger partial charge in [-0.3, -0.25) is 4.79 Å². The van der Waals surface area contributed by atoms with Crippen LogP contribution in [0.4, 0.5) is 4.39 Å². The molecular weight excluding hydrogens is 327 g/mol. The van der Waals surface area contributed by atoms with Crippen LogP contribution in [-0.2, 0) is 14.8 Å². The maximum atomic E-state index is 13.5. The van der Waals surface area contributed by atoms with E-state index in [2.05, 4.69) is 5.32 Å². The summed E-state index contributed by atoms with van der Waals surface area (Å²) >= 11 is 5.44. The van der Waals surface area contributed by atoms with Crippen LogP contribution >= 0.6 is 11.6 Å². The number of halogens is 2. The van der Waals surface area contributed by atoms with E-state index in [1.807, 2.05) is 4.72 Å². The van der Waals surface area contributed by atoms with E-state index < -0.39 is 49.7 Å². The van der Waals surface area contributed by atoms with Crippen molar-refractivity contribution in [2.24, 2.45) is 0 Å². The molecule has 7 nitrogen and oxygen atoms in total. The average molecular weight is 339 g/mol. The third-order valence-corrected chi connectivity index (χ3v) is 4.10. The molecule has 0 atom stereocenters. The third kappa shape index (κ3) is 4.38. The van der Waals surface area contributed by atoms with Crippen molar-refractivity contribution in [2.75, 3.05) is 13.1 Å². The number of carbonyl (C=O) groups is 2. The van der Waals surface area contributed by atoms with Gasteiger partial charge in [-0.2, -0.15) is 0 Å². The average Bonchev–Trinajstić information content (AvgIpc) is 2.39. The number of sulfonamides is 1. The first-order valence-electron chi connectivity index (χ1n) is 5.67. The molecule has 0 aliphatic carbocycles. The Bertz CT molecular complexity index is 677. The molecule has 0 aliphatic rings. The molecule has 0 saturated heterocycles. The first kappa shape index (κ1) is 17.3. The summed E-state index contributed by atoms with van der Waals surface area (Å²) in [6, 6.07) is 1.29. The lowest BCUT2D eigenvalue weighted by Gasteiger charge is -2.09. The summed E-state index contributed by atoms with van der Waals surface area (Å²) in [5.41, 5.74) is -0.685. The molecule has 0 aliphatic heterocycles. The Morgan fingerprint density at radius 1 is 1.38 bits per heavy atom. The molecule has 1 aromatic rings. The molecule has 0 unspecified atom stereocenters. The highest BCUT2D eigenvalue weighted by molar-refractivity contribution is 7.89. The second-order valence-corrected chi connectivity index (χ2v) is 5.99. The number of aromatic carboxylic acids is 1. The van der Waals surface area contributed by atoms with Gasteiger partial charge >= 0.3 is 5.97 Å². The van der Waals surface area contributed by atoms with E-state index in [1.54, 1.807) is 6.92 Å². The molecule has 1 rings (SSSR count). The predicted octanol–water partition coefficient (Wildman–Crippen LogP) is 0.592. The Kier molecular flexibility index (Phi) is 5.64. The maximum absolute atomic E-state index is 13.5. The smallest absolute Gasteiger partial charge is 0.337 e. The number of carbonyl (C=O) groups excluding carboxylic acids is 1. The van der Waals surface area contributed by atoms with Crippen LogP contribution in [0, 0.1) is 5.82 Å². The Labute approximate surface area is 125 Å². The van der Waals surface area contributed by atoms with Gasteiger partial charge < -0.3 is 10.4 Å². The lowest BCUT2D eigenvalue weighted by molar-refractivity contribution is -0.119. The third-order valence-electron chi connectivity index (χ3n) is 2.34. The van der Waals surface area contributed by atoms with Gasteiger partial charge in [-0.25, -0.2) is 22.3 Å². The molecule has 21 heavy (non-hydrogen) atoms. The van der Waals surface area contributed by atoms with Crippen LogP contribution in [0.25, 0.3) is 0 Å². The summed E-state index contributed by atoms with van der Waals surface area (Å²) in [5.74, 6) is -3.33. The lowest BCUT2D eigenvalue weighted by Crippen LogP contribution is -2.36. The zero-order valence-corrected chi connectivity index (χ0v) is 12.4. The molecule has 0 bridgehead atoms. The van der Waals surface area contributed by atoms with Crippen LogP contribution in [0.2, 0.25) is 5.02 Å². The number of rotatable bonds is 6. The number of carboxylic acid groups (broad SMARTS) is 1. The van der Waals surface area contributed by atoms with Gasteiger partial charge in [0.2, 0.25) is 15.9 Å². The number of amides is 1. The monoisotopic (exact) mass is 338 g/mol. The summed E-state index contributed by atoms with van der Waals surface area (Å²) in [6.45, 7) is 1.42. The molecule has 0 saturated carbocycles. The number of likely N-dealkylation sites (N-methyl/N-ethyl adjacent to an activating group) is 1. The van der Waals surface area contributed by atoms with Crippen molar-refractivity contribution in [1.82, 2.24) is 10.0 Å². The quantitative estimate of drug-likeness (QED) is 0.702. The zero-order chi connectivity index (χ0) is 16.2. The molecule has 10 heteroatoms. The predicted molar refractivity (Wildman–Crippen MR) is 72.2 cm³/mol. The molecule has 1 amide bonds. The van der Waals surface area contributed by atoms with Gasteiger partial charge in [-0.05, 0) is 19.1 Å². The molecule has 0 radical (unpaired) electrons. The molecule has 3 N–H and O–H groups in total. The first-order valence-corrected chi connectivity index (χ1v) is 7.53. The minimum atomic E-state index is -4.24. The van der Waals surface area contributed by atoms with Crippen LogP contribution in [0.1, 0.15) is 17.3 Å². The van der Waals surface area contributed by atoms with Crippen LogP contribution in [0.5, 0.6) is 0 Å². The summed E-state index contributed by atoms with van der Waals surface area (Å²) in [6.07, 6.45) is 0. The Balaban J connectivity index is 3.09. The van der Waals surface area contributed by atoms with E-state index in [4.69, 9.17) is 16.7 Å². The van der Waals surface area contributed by atoms with E-state index in [0.29, 0.717) is 18.7 Å². The van der Waals surface area contributed by atoms with Gasteiger partial charge in [0, 0.05) is 6.54 Å². The molecule has 0 spiro atoms. The van der Waals surface area contributed by atoms with E-state index in [9.17, 15) is 22.4 Å². The molecule has 0 heterocycles. The second kappa shape index (κ2) is 6.83. The fourth-order valence-corrected chi connectivity index (χ4v) is 2.59. The van der Waals surface area contributed by atoms with Crippen molar-refractivity contribution < 1.29 is 27.5 Å². The minimum Gasteiger partial charge on any atom is -0.478 e. The number of nitrogens with one attached hydrogen (secondary N) is 2. The van der Waals surface area contributed by atoms with Crippen LogP contribution < -0.4 is 10.0 Å². The maximum Gasteiger partial charge on any atom is 0.337 e. The molecule has 116 valence electrons. The van der Waals surface area contributed by atoms with E-state index >= 15 is 0 Å². The lowest BCUT2D eigenvalue weighted by atomic mass is 10.2. The number of carboxylic acids is 1. The topological polar surface area (TPSA) is 113 Å². The van der Waals surface area contributed by atoms with Crippen LogP contribution in [0.15, 0.2) is 17.0 Å². The standard InChI is InChI=1S/C11H12ClFN2O5S/c1-2-14-9(16)5-15-21(19,20)6-3-7(11(17)18)10(12)8(13)4-6/h3-4,15H,2,5H2,1H3,(H,14,16)(H,17,18). The second-order valence-electron chi connectivity index (χ2n) is 3.85. The molecule has 0 fully saturated rings. The first-order chi connectivity index (χ1) is 9.69. The van der Waals surface area contributed by atoms with Crippen molar-refractivity contribution in [3.8, 4) is 0 Å². The van der Waals surface area contributed by atoms with Crippen LogP contribution in [-0.4, -0.2) is 38.5 Å². The number of hydrogen-bond donors (Lipinski definition) is 3. The van der Waals surface area contributed by atoms with Gasteiger partial charge in [-0.1, -0.05) is 11.6 Å². The summed E-state index contributed by atoms with van der Waals surface area (Å²) in [4.78, 5) is 21.4. The van der Waals surface area contributed by atoms with Gasteiger partial charge in [-0.15, -0.1) is 0 Å². The Morgan fingerprint density at radius 2 is 2.00 bits per heavy atom. The molecule has 1 aromatic carbocycles. The van der Waals surface area contributed by atoms with E-state index in [-0.39, 0.29) is 0 Å². The van der Waals surface area contributed by atoms with Gasteiger partial charge in [0.1, 0.15) is 5.82 Å². The van der Waals surface area contributed by atoms with Crippen molar-refractivity contribution in [3.63, 3.8) is 0 Å². The highest BCUT2D eigenvalue weighted by Gasteiger charge is 2.22. The number of hydrogen-bond acceptors (Lipinski definition) is 4.